The minimum absolute atomic E-state index is 0.0630. The van der Waals surface area contributed by atoms with Crippen LogP contribution in [-0.4, -0.2) is 94.6 Å². The van der Waals surface area contributed by atoms with Gasteiger partial charge in [-0.1, -0.05) is 140 Å². The Morgan fingerprint density at radius 3 is 1.58 bits per heavy atom. The Labute approximate surface area is 397 Å². The van der Waals surface area contributed by atoms with Crippen molar-refractivity contribution in [3.8, 4) is 0 Å². The lowest BCUT2D eigenvalue weighted by atomic mass is 9.85. The monoisotopic (exact) mass is 944 g/mol. The van der Waals surface area contributed by atoms with E-state index >= 15 is 0 Å². The maximum Gasteiger partial charge on any atom is 0.326 e. The highest BCUT2D eigenvalue weighted by Crippen LogP contribution is 2.27. The number of nitrogens with two attached hydrogens (primary N) is 2. The molecule has 1 aromatic rings. The first kappa shape index (κ1) is 57.5. The molecule has 10 N–H and O–H groups in total. The lowest BCUT2D eigenvalue weighted by Gasteiger charge is -2.26. The number of carboxylic acids is 1. The molecule has 0 unspecified atom stereocenters. The first-order valence-electron chi connectivity index (χ1n) is 24.4. The number of carboxylic acid groups (broad SMARTS) is 1. The van der Waals surface area contributed by atoms with Crippen molar-refractivity contribution in [3.63, 3.8) is 0 Å². The van der Waals surface area contributed by atoms with E-state index in [1.165, 1.54) is 0 Å². The fourth-order valence-corrected chi connectivity index (χ4v) is 8.83. The van der Waals surface area contributed by atoms with Gasteiger partial charge in [-0.15, -0.1) is 0 Å². The van der Waals surface area contributed by atoms with E-state index in [1.807, 2.05) is 50.4 Å². The summed E-state index contributed by atoms with van der Waals surface area (Å²) in [4.78, 5) is 101. The summed E-state index contributed by atoms with van der Waals surface area (Å²) in [6, 6.07) is 4.27. The van der Waals surface area contributed by atoms with E-state index in [0.29, 0.717) is 44.3 Å². The minimum atomic E-state index is -1.22. The Hall–Kier alpha value is -4.67. The number of primary amides is 2. The third kappa shape index (κ3) is 25.9. The smallest absolute Gasteiger partial charge is 0.326 e. The van der Waals surface area contributed by atoms with Gasteiger partial charge >= 0.3 is 5.97 Å². The normalized spacial score (nSPS) is 15.1. The van der Waals surface area contributed by atoms with Gasteiger partial charge in [-0.3, -0.25) is 33.6 Å². The number of benzene rings is 1. The van der Waals surface area contributed by atoms with Gasteiger partial charge in [0.1, 0.15) is 30.2 Å². The molecule has 0 aliphatic heterocycles. The van der Waals surface area contributed by atoms with Gasteiger partial charge in [0.25, 0.3) is 0 Å². The molecule has 0 radical (unpaired) electrons. The number of amides is 7. The molecule has 7 amide bonds. The number of hydrogen-bond acceptors (Lipinski definition) is 9. The molecule has 0 spiro atoms. The predicted molar refractivity (Wildman–Crippen MR) is 259 cm³/mol. The molecule has 17 heteroatoms. The number of unbranched alkanes of at least 4 members (excludes halogenated alkanes) is 11. The summed E-state index contributed by atoms with van der Waals surface area (Å²) >= 11 is 1.56. The fourth-order valence-electron chi connectivity index (χ4n) is 8.36. The van der Waals surface area contributed by atoms with Gasteiger partial charge in [0.15, 0.2) is 0 Å². The van der Waals surface area contributed by atoms with E-state index < -0.39 is 72.1 Å². The van der Waals surface area contributed by atoms with Gasteiger partial charge in [0, 0.05) is 19.3 Å². The molecule has 16 nitrogen and oxygen atoms in total. The highest BCUT2D eigenvalue weighted by atomic mass is 32.2. The van der Waals surface area contributed by atoms with E-state index in [2.05, 4.69) is 26.6 Å². The summed E-state index contributed by atoms with van der Waals surface area (Å²) in [7, 11) is 0. The Bertz CT molecular complexity index is 1640. The second-order valence-corrected chi connectivity index (χ2v) is 19.4. The van der Waals surface area contributed by atoms with Crippen LogP contribution >= 0.6 is 11.8 Å². The van der Waals surface area contributed by atoms with Crippen molar-refractivity contribution < 1.29 is 43.5 Å². The topological polar surface area (TPSA) is 269 Å². The molecule has 5 atom stereocenters. The predicted octanol–water partition coefficient (Wildman–Crippen LogP) is 5.33. The Balaban J connectivity index is 1.63. The van der Waals surface area contributed by atoms with Crippen molar-refractivity contribution in [2.75, 3.05) is 12.0 Å². The number of aliphatic carboxylic acids is 1. The summed E-state index contributed by atoms with van der Waals surface area (Å²) in [5, 5.41) is 23.3. The van der Waals surface area contributed by atoms with Crippen LogP contribution in [0.2, 0.25) is 0 Å². The average molecular weight is 944 g/mol. The maximum absolute atomic E-state index is 13.5. The van der Waals surface area contributed by atoms with Crippen LogP contribution in [0.25, 0.3) is 0 Å². The van der Waals surface area contributed by atoms with Crippen molar-refractivity contribution in [2.24, 2.45) is 23.3 Å². The lowest BCUT2D eigenvalue weighted by Crippen LogP contribution is -2.57. The lowest BCUT2D eigenvalue weighted by molar-refractivity contribution is -0.143. The molecule has 66 heavy (non-hydrogen) atoms. The van der Waals surface area contributed by atoms with Crippen LogP contribution in [0.1, 0.15) is 167 Å². The van der Waals surface area contributed by atoms with Crippen LogP contribution in [-0.2, 0) is 44.8 Å². The van der Waals surface area contributed by atoms with Gasteiger partial charge in [-0.05, 0) is 61.5 Å². The Morgan fingerprint density at radius 2 is 1.09 bits per heavy atom. The van der Waals surface area contributed by atoms with E-state index in [4.69, 9.17) is 11.5 Å². The number of hydrogen-bond donors (Lipinski definition) is 8. The summed E-state index contributed by atoms with van der Waals surface area (Å²) < 4.78 is 0. The van der Waals surface area contributed by atoms with E-state index in [0.717, 1.165) is 102 Å². The molecule has 1 aliphatic carbocycles. The average Bonchev–Trinajstić information content (AvgIpc) is 3.27. The van der Waals surface area contributed by atoms with Gasteiger partial charge in [-0.25, -0.2) is 4.79 Å². The van der Waals surface area contributed by atoms with Crippen LogP contribution in [0, 0.1) is 11.8 Å². The molecule has 0 heterocycles. The summed E-state index contributed by atoms with van der Waals surface area (Å²) in [6.07, 6.45) is 20.0. The zero-order valence-corrected chi connectivity index (χ0v) is 40.7. The van der Waals surface area contributed by atoms with Crippen molar-refractivity contribution in [1.29, 1.82) is 0 Å². The third-order valence-corrected chi connectivity index (χ3v) is 12.7. The quantitative estimate of drug-likeness (QED) is 0.0401. The number of carbonyl (C=O) groups excluding carboxylic acids is 7. The van der Waals surface area contributed by atoms with Crippen LogP contribution in [0.4, 0.5) is 0 Å². The largest absolute Gasteiger partial charge is 0.480 e. The maximum atomic E-state index is 13.5. The molecule has 1 aromatic carbocycles. The van der Waals surface area contributed by atoms with Gasteiger partial charge in [-0.2, -0.15) is 11.8 Å². The summed E-state index contributed by atoms with van der Waals surface area (Å²) in [5.74, 6) is -3.88. The van der Waals surface area contributed by atoms with Gasteiger partial charge in [0.2, 0.25) is 41.4 Å². The number of thioether (sulfide) groups is 1. The van der Waals surface area contributed by atoms with Crippen molar-refractivity contribution >= 4 is 59.1 Å². The number of rotatable bonds is 36. The zero-order chi connectivity index (χ0) is 48.7. The highest BCUT2D eigenvalue weighted by Gasteiger charge is 2.31. The molecule has 1 aliphatic rings. The van der Waals surface area contributed by atoms with Crippen LogP contribution in [0.5, 0.6) is 0 Å². The van der Waals surface area contributed by atoms with Crippen molar-refractivity contribution in [1.82, 2.24) is 26.6 Å². The Morgan fingerprint density at radius 1 is 0.621 bits per heavy atom. The third-order valence-electron chi connectivity index (χ3n) is 12.1. The van der Waals surface area contributed by atoms with Crippen LogP contribution in [0.15, 0.2) is 30.3 Å². The highest BCUT2D eigenvalue weighted by molar-refractivity contribution is 7.98. The van der Waals surface area contributed by atoms with Crippen LogP contribution < -0.4 is 38.1 Å². The van der Waals surface area contributed by atoms with Crippen molar-refractivity contribution in [2.45, 2.75) is 198 Å². The first-order chi connectivity index (χ1) is 31.6. The number of carbonyl (C=O) groups is 8. The minimum Gasteiger partial charge on any atom is -0.480 e. The molecule has 1 fully saturated rings. The first-order valence-corrected chi connectivity index (χ1v) is 25.8. The molecule has 0 aromatic heterocycles. The van der Waals surface area contributed by atoms with Crippen LogP contribution in [0.3, 0.4) is 0 Å². The SMILES string of the molecule is CSCC[C@H](NC(=O)CCCCCCCCCCCCCCC(=O)N[C@@H](CC(N)=O)C(=O)N[C@@H](CC1CCCCC1)C(=O)O)C(=O)N[C@@H](CC(C)C)C(=O)N[C@@H](Cc1ccccc1)C(N)=O. The molecular formula is C49H81N7O9S. The van der Waals surface area contributed by atoms with Gasteiger partial charge in [0.05, 0.1) is 6.42 Å². The van der Waals surface area contributed by atoms with E-state index in [1.54, 1.807) is 11.8 Å². The standard InChI is InChI=1S/C49H81N7O9S/c1-34(2)30-39(47(62)54-38(45(51)60)31-35-22-16-14-17-23-35)55-46(61)37(28-29-66-3)52-43(58)26-20-12-10-8-6-4-5-7-9-11-13-21-27-44(59)53-40(33-42(50)57)48(63)56-41(49(64)65)32-36-24-18-15-19-25-36/h14,16-17,22-23,34,36-41H,4-13,15,18-21,24-33H2,1-3H3,(H2,50,57)(H2,51,60)(H,52,58)(H,53,59)(H,54,62)(H,55,61)(H,56,63)(H,64,65)/t37-,38-,39-,40-,41-/m0/s1. The molecular weight excluding hydrogens is 863 g/mol. The van der Waals surface area contributed by atoms with E-state index in [-0.39, 0.29) is 36.5 Å². The Kier molecular flexibility index (Phi) is 29.4. The second-order valence-electron chi connectivity index (χ2n) is 18.4. The summed E-state index contributed by atoms with van der Waals surface area (Å²) in [5.41, 5.74) is 11.8. The molecule has 2 rings (SSSR count). The zero-order valence-electron chi connectivity index (χ0n) is 39.9. The molecule has 372 valence electrons. The molecule has 1 saturated carbocycles. The summed E-state index contributed by atoms with van der Waals surface area (Å²) in [6.45, 7) is 3.87. The van der Waals surface area contributed by atoms with Gasteiger partial charge < -0.3 is 43.2 Å². The molecule has 0 bridgehead atoms. The van der Waals surface area contributed by atoms with E-state index in [9.17, 15) is 43.5 Å². The van der Waals surface area contributed by atoms with Crippen molar-refractivity contribution in [3.05, 3.63) is 35.9 Å². The molecule has 0 saturated heterocycles. The fraction of sp³-hybridized carbons (Fsp3) is 0.714. The number of nitrogens with one attached hydrogen (secondary N) is 5. The second kappa shape index (κ2) is 33.7.